The maximum Gasteiger partial charge on any atom is 0.310 e. The van der Waals surface area contributed by atoms with Crippen LogP contribution in [0.3, 0.4) is 0 Å². The minimum Gasteiger partial charge on any atom is -0.502 e. The fourth-order valence-electron chi connectivity index (χ4n) is 2.55. The molecule has 1 saturated carbocycles. The van der Waals surface area contributed by atoms with E-state index in [1.165, 1.54) is 25.3 Å². The molecule has 0 saturated heterocycles. The first-order valence-electron chi connectivity index (χ1n) is 6.83. The van der Waals surface area contributed by atoms with E-state index >= 15 is 0 Å². The molecule has 6 nitrogen and oxygen atoms in total. The number of hydrogen-bond donors (Lipinski definition) is 2. The van der Waals surface area contributed by atoms with E-state index in [9.17, 15) is 20.0 Å². The first-order valence-corrected chi connectivity index (χ1v) is 6.83. The number of amides is 1. The number of aromatic hydroxyl groups is 1. The van der Waals surface area contributed by atoms with Gasteiger partial charge >= 0.3 is 5.69 Å². The zero-order valence-corrected chi connectivity index (χ0v) is 11.2. The van der Waals surface area contributed by atoms with Crippen molar-refractivity contribution < 1.29 is 14.8 Å². The van der Waals surface area contributed by atoms with E-state index in [4.69, 9.17) is 0 Å². The Hall–Kier alpha value is -2.11. The van der Waals surface area contributed by atoms with E-state index in [-0.39, 0.29) is 11.5 Å². The van der Waals surface area contributed by atoms with Gasteiger partial charge in [-0.3, -0.25) is 14.9 Å². The number of phenolic OH excluding ortho intramolecular Hbond substituents is 1. The van der Waals surface area contributed by atoms with E-state index < -0.39 is 16.4 Å². The number of hydrogen-bond acceptors (Lipinski definition) is 4. The molecule has 2 rings (SSSR count). The number of nitro groups is 1. The van der Waals surface area contributed by atoms with Gasteiger partial charge in [-0.15, -0.1) is 0 Å². The molecule has 108 valence electrons. The van der Waals surface area contributed by atoms with Crippen LogP contribution in [0, 0.1) is 16.0 Å². The molecule has 1 aliphatic carbocycles. The van der Waals surface area contributed by atoms with E-state index in [1.54, 1.807) is 0 Å². The first-order chi connectivity index (χ1) is 9.58. The summed E-state index contributed by atoms with van der Waals surface area (Å²) in [6.07, 6.45) is 5.94. The van der Waals surface area contributed by atoms with Crippen molar-refractivity contribution in [2.75, 3.05) is 6.54 Å². The first kappa shape index (κ1) is 14.3. The van der Waals surface area contributed by atoms with Crippen LogP contribution >= 0.6 is 0 Å². The van der Waals surface area contributed by atoms with E-state index in [2.05, 4.69) is 5.32 Å². The van der Waals surface area contributed by atoms with Crippen LogP contribution in [-0.4, -0.2) is 22.5 Å². The summed E-state index contributed by atoms with van der Waals surface area (Å²) in [4.78, 5) is 21.8. The summed E-state index contributed by atoms with van der Waals surface area (Å²) in [6, 6.07) is 3.63. The van der Waals surface area contributed by atoms with Crippen molar-refractivity contribution in [3.05, 3.63) is 33.9 Å². The Morgan fingerprint density at radius 1 is 1.35 bits per heavy atom. The Labute approximate surface area is 117 Å². The molecular formula is C14H18N2O4. The van der Waals surface area contributed by atoms with Gasteiger partial charge in [0.05, 0.1) is 4.92 Å². The number of nitro benzene ring substituents is 1. The van der Waals surface area contributed by atoms with Crippen molar-refractivity contribution in [1.29, 1.82) is 0 Å². The lowest BCUT2D eigenvalue weighted by atomic mass is 9.89. The van der Waals surface area contributed by atoms with Gasteiger partial charge in [-0.05, 0) is 30.9 Å². The summed E-state index contributed by atoms with van der Waals surface area (Å²) in [5, 5.41) is 22.9. The van der Waals surface area contributed by atoms with Crippen molar-refractivity contribution in [2.24, 2.45) is 5.92 Å². The lowest BCUT2D eigenvalue weighted by Crippen LogP contribution is -2.30. The Morgan fingerprint density at radius 3 is 2.65 bits per heavy atom. The molecule has 1 amide bonds. The van der Waals surface area contributed by atoms with Crippen molar-refractivity contribution in [3.63, 3.8) is 0 Å². The lowest BCUT2D eigenvalue weighted by Gasteiger charge is -2.21. The van der Waals surface area contributed by atoms with Crippen LogP contribution in [0.2, 0.25) is 0 Å². The molecule has 0 spiro atoms. The summed E-state index contributed by atoms with van der Waals surface area (Å²) >= 11 is 0. The minimum absolute atomic E-state index is 0.240. The number of benzene rings is 1. The van der Waals surface area contributed by atoms with Gasteiger partial charge in [0.1, 0.15) is 0 Å². The van der Waals surface area contributed by atoms with E-state index in [0.29, 0.717) is 12.5 Å². The normalized spacial score (nSPS) is 15.8. The van der Waals surface area contributed by atoms with Crippen molar-refractivity contribution >= 4 is 11.6 Å². The lowest BCUT2D eigenvalue weighted by molar-refractivity contribution is -0.385. The number of carbonyl (C=O) groups is 1. The zero-order chi connectivity index (χ0) is 14.5. The Bertz CT molecular complexity index is 510. The van der Waals surface area contributed by atoms with Crippen LogP contribution in [0.15, 0.2) is 18.2 Å². The number of nitrogens with one attached hydrogen (secondary N) is 1. The zero-order valence-electron chi connectivity index (χ0n) is 11.2. The van der Waals surface area contributed by atoms with Crippen LogP contribution in [0.25, 0.3) is 0 Å². The summed E-state index contributed by atoms with van der Waals surface area (Å²) < 4.78 is 0. The molecule has 2 N–H and O–H groups in total. The summed E-state index contributed by atoms with van der Waals surface area (Å²) in [7, 11) is 0. The van der Waals surface area contributed by atoms with Gasteiger partial charge < -0.3 is 10.4 Å². The molecule has 0 aromatic heterocycles. The Morgan fingerprint density at radius 2 is 2.05 bits per heavy atom. The average Bonchev–Trinajstić information content (AvgIpc) is 2.45. The van der Waals surface area contributed by atoms with Gasteiger partial charge in [-0.2, -0.15) is 0 Å². The van der Waals surface area contributed by atoms with Crippen LogP contribution < -0.4 is 5.32 Å². The quantitative estimate of drug-likeness (QED) is 0.654. The van der Waals surface area contributed by atoms with Gasteiger partial charge in [0.25, 0.3) is 5.91 Å². The predicted molar refractivity (Wildman–Crippen MR) is 73.7 cm³/mol. The summed E-state index contributed by atoms with van der Waals surface area (Å²) in [5.74, 6) is -0.277. The third-order valence-electron chi connectivity index (χ3n) is 3.71. The molecule has 0 heterocycles. The highest BCUT2D eigenvalue weighted by Gasteiger charge is 2.18. The van der Waals surface area contributed by atoms with Crippen LogP contribution in [0.1, 0.15) is 42.5 Å². The monoisotopic (exact) mass is 278 g/mol. The molecule has 0 unspecified atom stereocenters. The molecule has 6 heteroatoms. The maximum absolute atomic E-state index is 11.9. The second-order valence-corrected chi connectivity index (χ2v) is 5.17. The third-order valence-corrected chi connectivity index (χ3v) is 3.71. The smallest absolute Gasteiger partial charge is 0.310 e. The Kier molecular flexibility index (Phi) is 4.55. The van der Waals surface area contributed by atoms with Gasteiger partial charge in [0, 0.05) is 18.2 Å². The van der Waals surface area contributed by atoms with Crippen LogP contribution in [-0.2, 0) is 0 Å². The Balaban J connectivity index is 1.95. The highest BCUT2D eigenvalue weighted by atomic mass is 16.6. The average molecular weight is 278 g/mol. The predicted octanol–water partition coefficient (Wildman–Crippen LogP) is 2.61. The van der Waals surface area contributed by atoms with Crippen LogP contribution in [0.4, 0.5) is 5.69 Å². The minimum atomic E-state index is -0.682. The van der Waals surface area contributed by atoms with Crippen molar-refractivity contribution in [3.8, 4) is 5.75 Å². The number of rotatable bonds is 4. The van der Waals surface area contributed by atoms with Gasteiger partial charge in [-0.25, -0.2) is 0 Å². The number of phenols is 1. The second-order valence-electron chi connectivity index (χ2n) is 5.17. The molecule has 0 radical (unpaired) electrons. The second kappa shape index (κ2) is 6.36. The molecule has 1 aliphatic rings. The van der Waals surface area contributed by atoms with Gasteiger partial charge in [0.15, 0.2) is 5.75 Å². The largest absolute Gasteiger partial charge is 0.502 e. The van der Waals surface area contributed by atoms with E-state index in [1.807, 2.05) is 0 Å². The fourth-order valence-corrected chi connectivity index (χ4v) is 2.55. The van der Waals surface area contributed by atoms with Crippen molar-refractivity contribution in [1.82, 2.24) is 5.32 Å². The van der Waals surface area contributed by atoms with Gasteiger partial charge in [-0.1, -0.05) is 19.3 Å². The summed E-state index contributed by atoms with van der Waals surface area (Å²) in [6.45, 7) is 0.622. The van der Waals surface area contributed by atoms with Gasteiger partial charge in [0.2, 0.25) is 0 Å². The number of nitrogens with zero attached hydrogens (tertiary/aromatic N) is 1. The molecule has 0 bridgehead atoms. The molecule has 0 aliphatic heterocycles. The molecule has 1 aromatic rings. The SMILES string of the molecule is O=C(NCC1CCCCC1)c1ccc([N+](=O)[O-])c(O)c1. The third kappa shape index (κ3) is 3.46. The standard InChI is InChI=1S/C14H18N2O4/c17-13-8-11(6-7-12(13)16(19)20)14(18)15-9-10-4-2-1-3-5-10/h6-8,10,17H,1-5,9H2,(H,15,18). The van der Waals surface area contributed by atoms with E-state index in [0.717, 1.165) is 25.0 Å². The maximum atomic E-state index is 11.9. The fraction of sp³-hybridized carbons (Fsp3) is 0.500. The number of carbonyl (C=O) groups excluding carboxylic acids is 1. The summed E-state index contributed by atoms with van der Waals surface area (Å²) in [5.41, 5.74) is -0.155. The molecular weight excluding hydrogens is 260 g/mol. The highest BCUT2D eigenvalue weighted by Crippen LogP contribution is 2.26. The topological polar surface area (TPSA) is 92.5 Å². The molecule has 1 fully saturated rings. The highest BCUT2D eigenvalue weighted by molar-refractivity contribution is 5.95. The molecule has 20 heavy (non-hydrogen) atoms. The molecule has 1 aromatic carbocycles. The van der Waals surface area contributed by atoms with Crippen molar-refractivity contribution in [2.45, 2.75) is 32.1 Å². The van der Waals surface area contributed by atoms with Crippen LogP contribution in [0.5, 0.6) is 5.75 Å². The molecule has 0 atom stereocenters.